The van der Waals surface area contributed by atoms with Gasteiger partial charge in [0.25, 0.3) is 10.0 Å². The van der Waals surface area contributed by atoms with Crippen LogP contribution in [0, 0.1) is 0 Å². The monoisotopic (exact) mass is 427 g/mol. The van der Waals surface area contributed by atoms with Crippen molar-refractivity contribution in [3.8, 4) is 17.2 Å². The smallest absolute Gasteiger partial charge is 0.262 e. The Kier molecular flexibility index (Phi) is 5.50. The van der Waals surface area contributed by atoms with E-state index in [1.165, 1.54) is 38.7 Å². The van der Waals surface area contributed by atoms with Gasteiger partial charge in [0.1, 0.15) is 6.33 Å². The maximum Gasteiger partial charge on any atom is 0.262 e. The molecule has 0 unspecified atom stereocenters. The van der Waals surface area contributed by atoms with Crippen LogP contribution in [-0.4, -0.2) is 32.2 Å². The number of imidazole rings is 1. The molecule has 142 valence electrons. The van der Waals surface area contributed by atoms with Crippen molar-refractivity contribution in [2.75, 3.05) is 18.9 Å². The second-order valence-electron chi connectivity index (χ2n) is 5.37. The highest BCUT2D eigenvalue weighted by molar-refractivity contribution is 7.92. The van der Waals surface area contributed by atoms with Crippen molar-refractivity contribution in [3.63, 3.8) is 0 Å². The maximum atomic E-state index is 12.6. The van der Waals surface area contributed by atoms with Gasteiger partial charge in [-0.1, -0.05) is 23.2 Å². The summed E-state index contributed by atoms with van der Waals surface area (Å²) < 4.78 is 39.6. The molecule has 0 aliphatic heterocycles. The fourth-order valence-electron chi connectivity index (χ4n) is 2.38. The predicted octanol–water partition coefficient (Wildman–Crippen LogP) is 4.00. The molecular formula is C17H15Cl2N3O4S. The highest BCUT2D eigenvalue weighted by Crippen LogP contribution is 2.30. The maximum absolute atomic E-state index is 12.6. The van der Waals surface area contributed by atoms with Crippen molar-refractivity contribution in [1.29, 1.82) is 0 Å². The van der Waals surface area contributed by atoms with E-state index in [4.69, 9.17) is 32.7 Å². The summed E-state index contributed by atoms with van der Waals surface area (Å²) in [5, 5.41) is 0.463. The van der Waals surface area contributed by atoms with Crippen LogP contribution in [0.25, 0.3) is 5.69 Å². The van der Waals surface area contributed by atoms with Gasteiger partial charge < -0.3 is 9.47 Å². The Morgan fingerprint density at radius 3 is 2.22 bits per heavy atom. The first-order valence-corrected chi connectivity index (χ1v) is 9.83. The van der Waals surface area contributed by atoms with Gasteiger partial charge in [0.05, 0.1) is 19.1 Å². The van der Waals surface area contributed by atoms with Gasteiger partial charge in [0.2, 0.25) is 0 Å². The van der Waals surface area contributed by atoms with Crippen LogP contribution < -0.4 is 14.2 Å². The zero-order chi connectivity index (χ0) is 19.6. The summed E-state index contributed by atoms with van der Waals surface area (Å²) in [6, 6.07) is 11.0. The summed E-state index contributed by atoms with van der Waals surface area (Å²) >= 11 is 11.9. The molecule has 1 heterocycles. The summed E-state index contributed by atoms with van der Waals surface area (Å²) in [6.07, 6.45) is 1.48. The quantitative estimate of drug-likeness (QED) is 0.642. The van der Waals surface area contributed by atoms with E-state index in [1.807, 2.05) is 0 Å². The first-order valence-electron chi connectivity index (χ1n) is 7.59. The van der Waals surface area contributed by atoms with E-state index in [2.05, 4.69) is 9.71 Å². The zero-order valence-electron chi connectivity index (χ0n) is 14.3. The van der Waals surface area contributed by atoms with E-state index in [9.17, 15) is 8.42 Å². The molecule has 27 heavy (non-hydrogen) atoms. The molecule has 1 aromatic heterocycles. The lowest BCUT2D eigenvalue weighted by Crippen LogP contribution is -2.13. The number of hydrogen-bond donors (Lipinski definition) is 1. The Morgan fingerprint density at radius 2 is 1.67 bits per heavy atom. The first-order chi connectivity index (χ1) is 12.9. The van der Waals surface area contributed by atoms with Gasteiger partial charge in [-0.15, -0.1) is 0 Å². The standard InChI is InChI=1S/C17H15Cl2N3O4S/c1-25-14-8-7-13(9-15(14)26-2)27(23,24)21-11-3-5-12(6-4-11)22-10-20-16(18)17(22)19/h3-10,21H,1-2H3. The number of benzene rings is 2. The third-order valence-electron chi connectivity index (χ3n) is 3.73. The molecule has 3 rings (SSSR count). The molecule has 7 nitrogen and oxygen atoms in total. The number of ether oxygens (including phenoxy) is 2. The fourth-order valence-corrected chi connectivity index (χ4v) is 3.78. The molecule has 0 spiro atoms. The minimum Gasteiger partial charge on any atom is -0.493 e. The number of rotatable bonds is 6. The van der Waals surface area contributed by atoms with Crippen molar-refractivity contribution in [1.82, 2.24) is 9.55 Å². The minimum atomic E-state index is -3.80. The SMILES string of the molecule is COc1ccc(S(=O)(=O)Nc2ccc(-n3cnc(Cl)c3Cl)cc2)cc1OC. The number of halogens is 2. The van der Waals surface area contributed by atoms with Crippen molar-refractivity contribution in [3.05, 3.63) is 59.1 Å². The van der Waals surface area contributed by atoms with Gasteiger partial charge in [0.15, 0.2) is 21.8 Å². The molecule has 0 saturated heterocycles. The van der Waals surface area contributed by atoms with Crippen LogP contribution in [0.2, 0.25) is 10.3 Å². The Hall–Kier alpha value is -2.42. The molecule has 0 bridgehead atoms. The van der Waals surface area contributed by atoms with Crippen LogP contribution in [0.1, 0.15) is 0 Å². The van der Waals surface area contributed by atoms with Crippen molar-refractivity contribution < 1.29 is 17.9 Å². The van der Waals surface area contributed by atoms with Gasteiger partial charge in [-0.05, 0) is 36.4 Å². The molecule has 0 saturated carbocycles. The Bertz CT molecular complexity index is 1070. The molecular weight excluding hydrogens is 413 g/mol. The van der Waals surface area contributed by atoms with Crippen LogP contribution in [0.5, 0.6) is 11.5 Å². The van der Waals surface area contributed by atoms with Gasteiger partial charge in [0, 0.05) is 17.4 Å². The minimum absolute atomic E-state index is 0.0497. The molecule has 2 aromatic carbocycles. The number of aromatic nitrogens is 2. The Morgan fingerprint density at radius 1 is 1.00 bits per heavy atom. The predicted molar refractivity (Wildman–Crippen MR) is 104 cm³/mol. The zero-order valence-corrected chi connectivity index (χ0v) is 16.6. The number of hydrogen-bond acceptors (Lipinski definition) is 5. The topological polar surface area (TPSA) is 82.5 Å². The lowest BCUT2D eigenvalue weighted by molar-refractivity contribution is 0.354. The molecule has 10 heteroatoms. The summed E-state index contributed by atoms with van der Waals surface area (Å²) in [5.41, 5.74) is 1.07. The fraction of sp³-hybridized carbons (Fsp3) is 0.118. The van der Waals surface area contributed by atoms with E-state index >= 15 is 0 Å². The normalized spacial score (nSPS) is 11.3. The summed E-state index contributed by atoms with van der Waals surface area (Å²) in [5.74, 6) is 0.763. The number of nitrogens with zero attached hydrogens (tertiary/aromatic N) is 2. The third kappa shape index (κ3) is 3.97. The molecule has 0 aliphatic rings. The molecule has 0 radical (unpaired) electrons. The highest BCUT2D eigenvalue weighted by Gasteiger charge is 2.17. The lowest BCUT2D eigenvalue weighted by Gasteiger charge is -2.12. The van der Waals surface area contributed by atoms with Gasteiger partial charge in [-0.3, -0.25) is 9.29 Å². The van der Waals surface area contributed by atoms with Crippen LogP contribution in [-0.2, 0) is 10.0 Å². The highest BCUT2D eigenvalue weighted by atomic mass is 35.5. The van der Waals surface area contributed by atoms with E-state index < -0.39 is 10.0 Å². The Balaban J connectivity index is 1.85. The van der Waals surface area contributed by atoms with E-state index in [1.54, 1.807) is 28.8 Å². The second kappa shape index (κ2) is 7.67. The number of methoxy groups -OCH3 is 2. The van der Waals surface area contributed by atoms with E-state index in [0.29, 0.717) is 22.9 Å². The third-order valence-corrected chi connectivity index (χ3v) is 5.84. The van der Waals surface area contributed by atoms with Crippen molar-refractivity contribution >= 4 is 38.9 Å². The van der Waals surface area contributed by atoms with Crippen LogP contribution >= 0.6 is 23.2 Å². The number of sulfonamides is 1. The molecule has 1 N–H and O–H groups in total. The van der Waals surface area contributed by atoms with E-state index in [0.717, 1.165) is 0 Å². The summed E-state index contributed by atoms with van der Waals surface area (Å²) in [7, 11) is -0.888. The van der Waals surface area contributed by atoms with Crippen molar-refractivity contribution in [2.45, 2.75) is 4.90 Å². The number of anilines is 1. The number of nitrogens with one attached hydrogen (secondary N) is 1. The second-order valence-corrected chi connectivity index (χ2v) is 7.76. The molecule has 0 fully saturated rings. The van der Waals surface area contributed by atoms with Gasteiger partial charge in [-0.25, -0.2) is 13.4 Å². The van der Waals surface area contributed by atoms with Crippen LogP contribution in [0.15, 0.2) is 53.7 Å². The summed E-state index contributed by atoms with van der Waals surface area (Å²) in [6.45, 7) is 0. The van der Waals surface area contributed by atoms with Crippen molar-refractivity contribution in [2.24, 2.45) is 0 Å². The average Bonchev–Trinajstić information content (AvgIpc) is 3.00. The largest absolute Gasteiger partial charge is 0.493 e. The molecule has 0 aliphatic carbocycles. The van der Waals surface area contributed by atoms with Gasteiger partial charge >= 0.3 is 0 Å². The molecule has 0 amide bonds. The lowest BCUT2D eigenvalue weighted by atomic mass is 10.3. The first kappa shape index (κ1) is 19.3. The van der Waals surface area contributed by atoms with E-state index in [-0.39, 0.29) is 15.2 Å². The van der Waals surface area contributed by atoms with Gasteiger partial charge in [-0.2, -0.15) is 0 Å². The van der Waals surface area contributed by atoms with Crippen LogP contribution in [0.3, 0.4) is 0 Å². The molecule has 0 atom stereocenters. The van der Waals surface area contributed by atoms with Crippen LogP contribution in [0.4, 0.5) is 5.69 Å². The average molecular weight is 428 g/mol. The summed E-state index contributed by atoms with van der Waals surface area (Å²) in [4.78, 5) is 3.96. The Labute approximate surface area is 166 Å². The molecule has 3 aromatic rings.